The standard InChI is InChI=1S/C12H26N2O2S/c1-3-5-12(4-2)14-17(15,16)10-11-6-8-13-9-7-11/h11-14H,3-10H2,1-2H3. The third-order valence-electron chi connectivity index (χ3n) is 3.39. The maximum atomic E-state index is 12.0. The predicted molar refractivity (Wildman–Crippen MR) is 71.5 cm³/mol. The minimum absolute atomic E-state index is 0.117. The van der Waals surface area contributed by atoms with E-state index in [2.05, 4.69) is 17.0 Å². The van der Waals surface area contributed by atoms with Gasteiger partial charge in [-0.15, -0.1) is 0 Å². The number of hydrogen-bond acceptors (Lipinski definition) is 3. The summed E-state index contributed by atoms with van der Waals surface area (Å²) in [6.07, 6.45) is 4.78. The van der Waals surface area contributed by atoms with Crippen LogP contribution in [0.3, 0.4) is 0 Å². The molecular formula is C12H26N2O2S. The van der Waals surface area contributed by atoms with E-state index in [1.165, 1.54) is 0 Å². The molecule has 1 heterocycles. The summed E-state index contributed by atoms with van der Waals surface area (Å²) in [5.74, 6) is 0.627. The van der Waals surface area contributed by atoms with Crippen molar-refractivity contribution in [2.45, 2.75) is 52.0 Å². The molecule has 0 aromatic heterocycles. The molecule has 0 saturated carbocycles. The minimum Gasteiger partial charge on any atom is -0.317 e. The molecule has 0 bridgehead atoms. The monoisotopic (exact) mass is 262 g/mol. The van der Waals surface area contributed by atoms with Crippen molar-refractivity contribution in [1.29, 1.82) is 0 Å². The van der Waals surface area contributed by atoms with Gasteiger partial charge in [0.05, 0.1) is 5.75 Å². The molecule has 1 fully saturated rings. The van der Waals surface area contributed by atoms with Crippen molar-refractivity contribution < 1.29 is 8.42 Å². The van der Waals surface area contributed by atoms with Crippen LogP contribution in [0.5, 0.6) is 0 Å². The Balaban J connectivity index is 2.43. The molecule has 5 heteroatoms. The zero-order chi connectivity index (χ0) is 12.7. The van der Waals surface area contributed by atoms with Crippen LogP contribution in [0.15, 0.2) is 0 Å². The van der Waals surface area contributed by atoms with Gasteiger partial charge in [-0.05, 0) is 44.7 Å². The van der Waals surface area contributed by atoms with Crippen LogP contribution in [-0.4, -0.2) is 33.3 Å². The van der Waals surface area contributed by atoms with Gasteiger partial charge in [0.25, 0.3) is 0 Å². The SMILES string of the molecule is CCCC(CC)NS(=O)(=O)CC1CCNCC1. The fourth-order valence-corrected chi connectivity index (χ4v) is 4.20. The molecule has 1 rings (SSSR count). The van der Waals surface area contributed by atoms with Gasteiger partial charge in [-0.3, -0.25) is 0 Å². The third-order valence-corrected chi connectivity index (χ3v) is 4.99. The molecule has 102 valence electrons. The van der Waals surface area contributed by atoms with Crippen LogP contribution in [-0.2, 0) is 10.0 Å². The zero-order valence-electron chi connectivity index (χ0n) is 11.0. The van der Waals surface area contributed by atoms with Crippen molar-refractivity contribution in [1.82, 2.24) is 10.0 Å². The van der Waals surface area contributed by atoms with Crippen LogP contribution in [0, 0.1) is 5.92 Å². The molecular weight excluding hydrogens is 236 g/mol. The van der Waals surface area contributed by atoms with E-state index in [1.807, 2.05) is 6.92 Å². The molecule has 1 aliphatic rings. The largest absolute Gasteiger partial charge is 0.317 e. The molecule has 2 N–H and O–H groups in total. The average molecular weight is 262 g/mol. The first kappa shape index (κ1) is 14.9. The van der Waals surface area contributed by atoms with E-state index in [1.54, 1.807) is 0 Å². The summed E-state index contributed by atoms with van der Waals surface area (Å²) in [6, 6.07) is 0.117. The molecule has 0 aromatic rings. The lowest BCUT2D eigenvalue weighted by atomic mass is 10.0. The molecule has 1 atom stereocenters. The number of hydrogen-bond donors (Lipinski definition) is 2. The highest BCUT2D eigenvalue weighted by Gasteiger charge is 2.22. The molecule has 1 saturated heterocycles. The second-order valence-electron chi connectivity index (χ2n) is 4.99. The maximum Gasteiger partial charge on any atom is 0.212 e. The molecule has 0 spiro atoms. The van der Waals surface area contributed by atoms with Crippen molar-refractivity contribution in [2.24, 2.45) is 5.92 Å². The van der Waals surface area contributed by atoms with E-state index in [0.717, 1.165) is 45.2 Å². The summed E-state index contributed by atoms with van der Waals surface area (Å²) in [6.45, 7) is 6.02. The third kappa shape index (κ3) is 5.84. The van der Waals surface area contributed by atoms with Crippen LogP contribution in [0.1, 0.15) is 46.0 Å². The minimum atomic E-state index is -3.09. The van der Waals surface area contributed by atoms with Gasteiger partial charge in [-0.1, -0.05) is 20.3 Å². The van der Waals surface area contributed by atoms with Gasteiger partial charge in [-0.25, -0.2) is 13.1 Å². The lowest BCUT2D eigenvalue weighted by Crippen LogP contribution is -2.40. The Morgan fingerprint density at radius 1 is 1.29 bits per heavy atom. The summed E-state index contributed by atoms with van der Waals surface area (Å²) < 4.78 is 26.9. The molecule has 17 heavy (non-hydrogen) atoms. The molecule has 1 aliphatic heterocycles. The van der Waals surface area contributed by atoms with Crippen LogP contribution in [0.25, 0.3) is 0 Å². The Hall–Kier alpha value is -0.130. The Labute approximate surface area is 106 Å². The summed E-state index contributed by atoms with van der Waals surface area (Å²) in [7, 11) is -3.09. The normalized spacial score (nSPS) is 20.4. The first-order chi connectivity index (χ1) is 8.07. The molecule has 0 amide bonds. The summed E-state index contributed by atoms with van der Waals surface area (Å²) in [4.78, 5) is 0. The van der Waals surface area contributed by atoms with Gasteiger partial charge in [0.2, 0.25) is 10.0 Å². The van der Waals surface area contributed by atoms with Gasteiger partial charge >= 0.3 is 0 Å². The topological polar surface area (TPSA) is 58.2 Å². The lowest BCUT2D eigenvalue weighted by molar-refractivity contribution is 0.398. The van der Waals surface area contributed by atoms with E-state index in [-0.39, 0.29) is 6.04 Å². The van der Waals surface area contributed by atoms with E-state index in [0.29, 0.717) is 11.7 Å². The predicted octanol–water partition coefficient (Wildman–Crippen LogP) is 1.48. The quantitative estimate of drug-likeness (QED) is 0.731. The van der Waals surface area contributed by atoms with Crippen LogP contribution in [0.4, 0.5) is 0 Å². The summed E-state index contributed by atoms with van der Waals surface area (Å²) >= 11 is 0. The summed E-state index contributed by atoms with van der Waals surface area (Å²) in [5, 5.41) is 3.26. The van der Waals surface area contributed by atoms with Gasteiger partial charge in [0.1, 0.15) is 0 Å². The zero-order valence-corrected chi connectivity index (χ0v) is 11.9. The average Bonchev–Trinajstić information content (AvgIpc) is 2.29. The van der Waals surface area contributed by atoms with Crippen molar-refractivity contribution in [3.8, 4) is 0 Å². The second-order valence-corrected chi connectivity index (χ2v) is 6.79. The van der Waals surface area contributed by atoms with Gasteiger partial charge in [0.15, 0.2) is 0 Å². The van der Waals surface area contributed by atoms with E-state index in [9.17, 15) is 8.42 Å². The lowest BCUT2D eigenvalue weighted by Gasteiger charge is -2.24. The van der Waals surface area contributed by atoms with E-state index < -0.39 is 10.0 Å². The van der Waals surface area contributed by atoms with Crippen LogP contribution in [0.2, 0.25) is 0 Å². The van der Waals surface area contributed by atoms with Crippen LogP contribution >= 0.6 is 0 Å². The highest BCUT2D eigenvalue weighted by Crippen LogP contribution is 2.14. The molecule has 0 radical (unpaired) electrons. The maximum absolute atomic E-state index is 12.0. The Morgan fingerprint density at radius 3 is 2.47 bits per heavy atom. The fourth-order valence-electron chi connectivity index (χ4n) is 2.36. The molecule has 0 aromatic carbocycles. The highest BCUT2D eigenvalue weighted by atomic mass is 32.2. The van der Waals surface area contributed by atoms with Crippen molar-refractivity contribution >= 4 is 10.0 Å². The number of nitrogens with one attached hydrogen (secondary N) is 2. The fraction of sp³-hybridized carbons (Fsp3) is 1.00. The van der Waals surface area contributed by atoms with Gasteiger partial charge < -0.3 is 5.32 Å². The number of piperidine rings is 1. The van der Waals surface area contributed by atoms with E-state index in [4.69, 9.17) is 0 Å². The number of sulfonamides is 1. The Morgan fingerprint density at radius 2 is 1.94 bits per heavy atom. The first-order valence-corrected chi connectivity index (χ1v) is 8.43. The first-order valence-electron chi connectivity index (χ1n) is 6.78. The van der Waals surface area contributed by atoms with Gasteiger partial charge in [-0.2, -0.15) is 0 Å². The van der Waals surface area contributed by atoms with Crippen molar-refractivity contribution in [3.05, 3.63) is 0 Å². The number of rotatable bonds is 7. The van der Waals surface area contributed by atoms with Crippen molar-refractivity contribution in [3.63, 3.8) is 0 Å². The molecule has 0 aliphatic carbocycles. The van der Waals surface area contributed by atoms with E-state index >= 15 is 0 Å². The molecule has 1 unspecified atom stereocenters. The highest BCUT2D eigenvalue weighted by molar-refractivity contribution is 7.89. The molecule has 4 nitrogen and oxygen atoms in total. The Kier molecular flexibility index (Phi) is 6.44. The van der Waals surface area contributed by atoms with Crippen molar-refractivity contribution in [2.75, 3.05) is 18.8 Å². The summed E-state index contributed by atoms with van der Waals surface area (Å²) in [5.41, 5.74) is 0. The second kappa shape index (κ2) is 7.34. The smallest absolute Gasteiger partial charge is 0.212 e. The van der Waals surface area contributed by atoms with Gasteiger partial charge in [0, 0.05) is 6.04 Å². The Bertz CT molecular complexity index is 285. The van der Waals surface area contributed by atoms with Crippen LogP contribution < -0.4 is 10.0 Å².